The summed E-state index contributed by atoms with van der Waals surface area (Å²) in [4.78, 5) is 14.0. The van der Waals surface area contributed by atoms with Crippen LogP contribution in [-0.2, 0) is 0 Å². The van der Waals surface area contributed by atoms with Crippen LogP contribution >= 0.6 is 0 Å². The number of rotatable bonds is 3. The topological polar surface area (TPSA) is 58.4 Å². The minimum absolute atomic E-state index is 0.0400. The van der Waals surface area contributed by atoms with E-state index in [1.54, 1.807) is 6.07 Å². The molecule has 0 radical (unpaired) electrons. The van der Waals surface area contributed by atoms with Crippen LogP contribution in [-0.4, -0.2) is 23.9 Å². The second-order valence-electron chi connectivity index (χ2n) is 4.19. The summed E-state index contributed by atoms with van der Waals surface area (Å²) in [5.41, 5.74) is 3.88. The number of carbonyl (C=O) groups excluding carboxylic acids is 1. The van der Waals surface area contributed by atoms with Gasteiger partial charge in [-0.2, -0.15) is 0 Å². The minimum atomic E-state index is 0.0400. The molecule has 1 amide bonds. The fourth-order valence-electron chi connectivity index (χ4n) is 1.93. The number of hydrazine groups is 1. The fourth-order valence-corrected chi connectivity index (χ4v) is 1.93. The number of nitrogens with zero attached hydrogens (tertiary/aromatic N) is 1. The molecule has 1 aromatic carbocycles. The van der Waals surface area contributed by atoms with Crippen LogP contribution in [0.2, 0.25) is 0 Å². The number of amides is 1. The van der Waals surface area contributed by atoms with Gasteiger partial charge in [-0.3, -0.25) is 10.6 Å². The van der Waals surface area contributed by atoms with Crippen molar-refractivity contribution in [3.8, 4) is 0 Å². The number of anilines is 1. The Kier molecular flexibility index (Phi) is 3.10. The number of nitrogens with two attached hydrogens (primary N) is 1. The van der Waals surface area contributed by atoms with Gasteiger partial charge in [0.05, 0.1) is 11.3 Å². The van der Waals surface area contributed by atoms with Crippen molar-refractivity contribution in [2.45, 2.75) is 25.3 Å². The predicted octanol–water partition coefficient (Wildman–Crippen LogP) is 1.60. The maximum atomic E-state index is 12.2. The number of hydrogen-bond acceptors (Lipinski definition) is 3. The van der Waals surface area contributed by atoms with E-state index in [1.165, 1.54) is 6.42 Å². The lowest BCUT2D eigenvalue weighted by Crippen LogP contribution is -2.41. The van der Waals surface area contributed by atoms with Crippen molar-refractivity contribution in [2.24, 2.45) is 5.84 Å². The lowest BCUT2D eigenvalue weighted by molar-refractivity contribution is 0.0653. The Hall–Kier alpha value is -1.55. The van der Waals surface area contributed by atoms with E-state index in [0.717, 1.165) is 12.8 Å². The van der Waals surface area contributed by atoms with Crippen LogP contribution in [0.1, 0.15) is 29.6 Å². The number of carbonyl (C=O) groups is 1. The lowest BCUT2D eigenvalue weighted by Gasteiger charge is -2.35. The third-order valence-corrected chi connectivity index (χ3v) is 3.26. The molecule has 0 atom stereocenters. The molecule has 3 N–H and O–H groups in total. The van der Waals surface area contributed by atoms with Crippen LogP contribution in [0.25, 0.3) is 0 Å². The number of nitrogen functional groups attached to an aromatic ring is 1. The zero-order valence-corrected chi connectivity index (χ0v) is 9.44. The second-order valence-corrected chi connectivity index (χ2v) is 4.19. The Bertz CT molecular complexity index is 388. The molecule has 0 bridgehead atoms. The van der Waals surface area contributed by atoms with Crippen molar-refractivity contribution in [2.75, 3.05) is 12.5 Å². The van der Waals surface area contributed by atoms with Gasteiger partial charge in [0, 0.05) is 13.1 Å². The van der Waals surface area contributed by atoms with Gasteiger partial charge in [-0.05, 0) is 31.4 Å². The van der Waals surface area contributed by atoms with E-state index in [9.17, 15) is 4.79 Å². The SMILES string of the molecule is CN(C(=O)c1ccccc1NN)C1CCC1. The fraction of sp³-hybridized carbons (Fsp3) is 0.417. The smallest absolute Gasteiger partial charge is 0.255 e. The van der Waals surface area contributed by atoms with Crippen molar-refractivity contribution in [3.05, 3.63) is 29.8 Å². The van der Waals surface area contributed by atoms with Gasteiger partial charge in [0.1, 0.15) is 0 Å². The van der Waals surface area contributed by atoms with Gasteiger partial charge in [-0.15, -0.1) is 0 Å². The monoisotopic (exact) mass is 219 g/mol. The minimum Gasteiger partial charge on any atom is -0.339 e. The van der Waals surface area contributed by atoms with Gasteiger partial charge >= 0.3 is 0 Å². The molecule has 1 saturated carbocycles. The number of benzene rings is 1. The molecule has 1 aromatic rings. The molecule has 2 rings (SSSR count). The summed E-state index contributed by atoms with van der Waals surface area (Å²) in [6, 6.07) is 7.71. The zero-order chi connectivity index (χ0) is 11.5. The van der Waals surface area contributed by atoms with Crippen LogP contribution in [0.4, 0.5) is 5.69 Å². The van der Waals surface area contributed by atoms with Crippen molar-refractivity contribution in [1.29, 1.82) is 0 Å². The van der Waals surface area contributed by atoms with E-state index in [1.807, 2.05) is 30.1 Å². The summed E-state index contributed by atoms with van der Waals surface area (Å²) in [6.45, 7) is 0. The molecule has 4 nitrogen and oxygen atoms in total. The summed E-state index contributed by atoms with van der Waals surface area (Å²) < 4.78 is 0. The van der Waals surface area contributed by atoms with E-state index < -0.39 is 0 Å². The van der Waals surface area contributed by atoms with Gasteiger partial charge in [0.25, 0.3) is 5.91 Å². The lowest BCUT2D eigenvalue weighted by atomic mass is 9.91. The van der Waals surface area contributed by atoms with Crippen LogP contribution in [0.15, 0.2) is 24.3 Å². The molecule has 16 heavy (non-hydrogen) atoms. The maximum absolute atomic E-state index is 12.2. The van der Waals surface area contributed by atoms with Crippen LogP contribution in [0, 0.1) is 0 Å². The van der Waals surface area contributed by atoms with Crippen molar-refractivity contribution in [3.63, 3.8) is 0 Å². The highest BCUT2D eigenvalue weighted by Crippen LogP contribution is 2.26. The van der Waals surface area contributed by atoms with Crippen molar-refractivity contribution >= 4 is 11.6 Å². The first-order chi connectivity index (χ1) is 7.74. The maximum Gasteiger partial charge on any atom is 0.255 e. The highest BCUT2D eigenvalue weighted by molar-refractivity contribution is 5.99. The molecule has 86 valence electrons. The Morgan fingerprint density at radius 3 is 2.69 bits per heavy atom. The van der Waals surface area contributed by atoms with E-state index in [-0.39, 0.29) is 5.91 Å². The molecule has 0 unspecified atom stereocenters. The summed E-state index contributed by atoms with van der Waals surface area (Å²) in [7, 11) is 1.86. The van der Waals surface area contributed by atoms with Gasteiger partial charge in [0.15, 0.2) is 0 Å². The van der Waals surface area contributed by atoms with Crippen molar-refractivity contribution < 1.29 is 4.79 Å². The Morgan fingerprint density at radius 1 is 1.44 bits per heavy atom. The first-order valence-corrected chi connectivity index (χ1v) is 5.57. The van der Waals surface area contributed by atoms with Gasteiger partial charge in [-0.1, -0.05) is 12.1 Å². The van der Waals surface area contributed by atoms with E-state index in [2.05, 4.69) is 5.43 Å². The molecule has 0 aliphatic heterocycles. The Labute approximate surface area is 95.4 Å². The average molecular weight is 219 g/mol. The van der Waals surface area contributed by atoms with E-state index in [0.29, 0.717) is 17.3 Å². The first kappa shape index (κ1) is 11.0. The third kappa shape index (κ3) is 1.88. The summed E-state index contributed by atoms with van der Waals surface area (Å²) >= 11 is 0. The average Bonchev–Trinajstić information content (AvgIpc) is 2.25. The summed E-state index contributed by atoms with van der Waals surface area (Å²) in [5.74, 6) is 5.43. The molecule has 0 saturated heterocycles. The van der Waals surface area contributed by atoms with Crippen LogP contribution < -0.4 is 11.3 Å². The summed E-state index contributed by atoms with van der Waals surface area (Å²) in [5, 5.41) is 0. The quantitative estimate of drug-likeness (QED) is 0.599. The van der Waals surface area contributed by atoms with Gasteiger partial charge in [-0.25, -0.2) is 0 Å². The first-order valence-electron chi connectivity index (χ1n) is 5.57. The number of nitrogens with one attached hydrogen (secondary N) is 1. The van der Waals surface area contributed by atoms with E-state index >= 15 is 0 Å². The highest BCUT2D eigenvalue weighted by atomic mass is 16.2. The number of hydrogen-bond donors (Lipinski definition) is 2. The molecule has 1 aliphatic carbocycles. The van der Waals surface area contributed by atoms with E-state index in [4.69, 9.17) is 5.84 Å². The number of para-hydroxylation sites is 1. The van der Waals surface area contributed by atoms with Crippen molar-refractivity contribution in [1.82, 2.24) is 4.90 Å². The molecule has 0 spiro atoms. The Balaban J connectivity index is 2.19. The highest BCUT2D eigenvalue weighted by Gasteiger charge is 2.27. The van der Waals surface area contributed by atoms with Gasteiger partial charge in [0.2, 0.25) is 0 Å². The van der Waals surface area contributed by atoms with Crippen LogP contribution in [0.5, 0.6) is 0 Å². The summed E-state index contributed by atoms with van der Waals surface area (Å²) in [6.07, 6.45) is 3.44. The predicted molar refractivity (Wildman–Crippen MR) is 64.0 cm³/mol. The zero-order valence-electron chi connectivity index (χ0n) is 9.44. The molecule has 0 aromatic heterocycles. The second kappa shape index (κ2) is 4.53. The molecular formula is C12H17N3O. The van der Waals surface area contributed by atoms with Gasteiger partial charge < -0.3 is 10.3 Å². The largest absolute Gasteiger partial charge is 0.339 e. The molecule has 0 heterocycles. The molecule has 1 fully saturated rings. The van der Waals surface area contributed by atoms with Crippen LogP contribution in [0.3, 0.4) is 0 Å². The Morgan fingerprint density at radius 2 is 2.12 bits per heavy atom. The molecular weight excluding hydrogens is 202 g/mol. The molecule has 4 heteroatoms. The third-order valence-electron chi connectivity index (χ3n) is 3.26. The molecule has 1 aliphatic rings. The normalized spacial score (nSPS) is 15.4. The standard InChI is InChI=1S/C12H17N3O/c1-15(9-5-4-6-9)12(16)10-7-2-3-8-11(10)14-13/h2-3,7-9,14H,4-6,13H2,1H3.